The van der Waals surface area contributed by atoms with Gasteiger partial charge in [0.2, 0.25) is 5.91 Å². The summed E-state index contributed by atoms with van der Waals surface area (Å²) < 4.78 is 7.50. The van der Waals surface area contributed by atoms with Crippen LogP contribution in [-0.4, -0.2) is 29.7 Å². The Bertz CT molecular complexity index is 367. The van der Waals surface area contributed by atoms with Crippen molar-refractivity contribution in [2.24, 2.45) is 7.05 Å². The molecule has 1 saturated heterocycles. The van der Waals surface area contributed by atoms with Gasteiger partial charge in [-0.25, -0.2) is 0 Å². The highest BCUT2D eigenvalue weighted by molar-refractivity contribution is 5.76. The van der Waals surface area contributed by atoms with Crippen LogP contribution in [0.2, 0.25) is 0 Å². The van der Waals surface area contributed by atoms with Crippen molar-refractivity contribution < 1.29 is 9.53 Å². The molecule has 94 valence electrons. The predicted octanol–water partition coefficient (Wildman–Crippen LogP) is 1.25. The van der Waals surface area contributed by atoms with E-state index < -0.39 is 0 Å². The SMILES string of the molecule is Cn1cccc1CCC(=O)NCC1CCCO1. The summed E-state index contributed by atoms with van der Waals surface area (Å²) in [6.07, 6.45) is 5.75. The molecule has 1 aliphatic heterocycles. The summed E-state index contributed by atoms with van der Waals surface area (Å²) in [6, 6.07) is 4.05. The number of ether oxygens (including phenoxy) is 1. The molecule has 4 nitrogen and oxygen atoms in total. The van der Waals surface area contributed by atoms with Crippen LogP contribution in [0.25, 0.3) is 0 Å². The summed E-state index contributed by atoms with van der Waals surface area (Å²) in [6.45, 7) is 1.50. The highest BCUT2D eigenvalue weighted by atomic mass is 16.5. The van der Waals surface area contributed by atoms with E-state index in [9.17, 15) is 4.79 Å². The largest absolute Gasteiger partial charge is 0.376 e. The number of hydrogen-bond donors (Lipinski definition) is 1. The van der Waals surface area contributed by atoms with Gasteiger partial charge in [-0.2, -0.15) is 0 Å². The molecule has 2 rings (SSSR count). The van der Waals surface area contributed by atoms with Gasteiger partial charge in [0.05, 0.1) is 6.10 Å². The molecule has 4 heteroatoms. The van der Waals surface area contributed by atoms with Gasteiger partial charge in [0.15, 0.2) is 0 Å². The molecular weight excluding hydrogens is 216 g/mol. The van der Waals surface area contributed by atoms with Crippen LogP contribution in [0, 0.1) is 0 Å². The maximum atomic E-state index is 11.6. The van der Waals surface area contributed by atoms with Crippen LogP contribution in [-0.2, 0) is 23.0 Å². The average molecular weight is 236 g/mol. The van der Waals surface area contributed by atoms with Gasteiger partial charge in [0.25, 0.3) is 0 Å². The van der Waals surface area contributed by atoms with Gasteiger partial charge >= 0.3 is 0 Å². The van der Waals surface area contributed by atoms with E-state index in [1.54, 1.807) is 0 Å². The fourth-order valence-corrected chi connectivity index (χ4v) is 2.12. The number of carbonyl (C=O) groups excluding carboxylic acids is 1. The van der Waals surface area contributed by atoms with E-state index in [-0.39, 0.29) is 12.0 Å². The lowest BCUT2D eigenvalue weighted by Crippen LogP contribution is -2.31. The molecule has 1 aromatic heterocycles. The number of nitrogens with zero attached hydrogens (tertiary/aromatic N) is 1. The number of aromatic nitrogens is 1. The van der Waals surface area contributed by atoms with Crippen LogP contribution < -0.4 is 5.32 Å². The molecule has 1 fully saturated rings. The molecule has 1 atom stereocenters. The summed E-state index contributed by atoms with van der Waals surface area (Å²) >= 11 is 0. The van der Waals surface area contributed by atoms with E-state index in [1.165, 1.54) is 5.69 Å². The summed E-state index contributed by atoms with van der Waals surface area (Å²) in [7, 11) is 2.00. The lowest BCUT2D eigenvalue weighted by Gasteiger charge is -2.10. The van der Waals surface area contributed by atoms with Crippen LogP contribution in [0.15, 0.2) is 18.3 Å². The molecule has 1 N–H and O–H groups in total. The maximum Gasteiger partial charge on any atom is 0.220 e. The minimum Gasteiger partial charge on any atom is -0.376 e. The minimum absolute atomic E-state index is 0.113. The van der Waals surface area contributed by atoms with Crippen molar-refractivity contribution in [3.8, 4) is 0 Å². The Morgan fingerprint density at radius 2 is 2.53 bits per heavy atom. The van der Waals surface area contributed by atoms with Gasteiger partial charge in [-0.3, -0.25) is 4.79 Å². The van der Waals surface area contributed by atoms with Gasteiger partial charge in [0, 0.05) is 38.5 Å². The molecule has 1 aromatic rings. The van der Waals surface area contributed by atoms with Gasteiger partial charge in [-0.05, 0) is 31.4 Å². The summed E-state index contributed by atoms with van der Waals surface area (Å²) in [4.78, 5) is 11.6. The van der Waals surface area contributed by atoms with Crippen molar-refractivity contribution in [1.82, 2.24) is 9.88 Å². The number of hydrogen-bond acceptors (Lipinski definition) is 2. The van der Waals surface area contributed by atoms with E-state index in [0.717, 1.165) is 25.9 Å². The molecule has 1 amide bonds. The highest BCUT2D eigenvalue weighted by Crippen LogP contribution is 2.10. The predicted molar refractivity (Wildman–Crippen MR) is 65.7 cm³/mol. The first-order valence-corrected chi connectivity index (χ1v) is 6.24. The van der Waals surface area contributed by atoms with Crippen molar-refractivity contribution in [1.29, 1.82) is 0 Å². The molecule has 0 spiro atoms. The fourth-order valence-electron chi connectivity index (χ4n) is 2.12. The molecule has 0 aromatic carbocycles. The first-order chi connectivity index (χ1) is 8.25. The number of nitrogens with one attached hydrogen (secondary N) is 1. The van der Waals surface area contributed by atoms with Crippen molar-refractivity contribution in [3.05, 3.63) is 24.0 Å². The van der Waals surface area contributed by atoms with Crippen molar-refractivity contribution >= 4 is 5.91 Å². The molecular formula is C13H20N2O2. The third-order valence-corrected chi connectivity index (χ3v) is 3.21. The molecule has 2 heterocycles. The zero-order chi connectivity index (χ0) is 12.1. The fraction of sp³-hybridized carbons (Fsp3) is 0.615. The van der Waals surface area contributed by atoms with Crippen molar-refractivity contribution in [3.63, 3.8) is 0 Å². The summed E-state index contributed by atoms with van der Waals surface area (Å²) in [5.41, 5.74) is 1.19. The molecule has 0 saturated carbocycles. The zero-order valence-electron chi connectivity index (χ0n) is 10.3. The highest BCUT2D eigenvalue weighted by Gasteiger charge is 2.15. The van der Waals surface area contributed by atoms with Gasteiger partial charge < -0.3 is 14.6 Å². The van der Waals surface area contributed by atoms with E-state index in [0.29, 0.717) is 13.0 Å². The quantitative estimate of drug-likeness (QED) is 0.836. The average Bonchev–Trinajstić information content (AvgIpc) is 2.95. The standard InChI is InChI=1S/C13H20N2O2/c1-15-8-2-4-11(15)6-7-13(16)14-10-12-5-3-9-17-12/h2,4,8,12H,3,5-7,9-10H2,1H3,(H,14,16). The van der Waals surface area contributed by atoms with Crippen LogP contribution in [0.5, 0.6) is 0 Å². The van der Waals surface area contributed by atoms with Crippen molar-refractivity contribution in [2.45, 2.75) is 31.8 Å². The maximum absolute atomic E-state index is 11.6. The normalized spacial score (nSPS) is 19.5. The second-order valence-corrected chi connectivity index (χ2v) is 4.55. The van der Waals surface area contributed by atoms with E-state index >= 15 is 0 Å². The summed E-state index contributed by atoms with van der Waals surface area (Å²) in [5.74, 6) is 0.113. The molecule has 0 radical (unpaired) electrons. The van der Waals surface area contributed by atoms with Gasteiger partial charge in [-0.15, -0.1) is 0 Å². The Hall–Kier alpha value is -1.29. The topological polar surface area (TPSA) is 43.3 Å². The summed E-state index contributed by atoms with van der Waals surface area (Å²) in [5, 5.41) is 2.93. The Morgan fingerprint density at radius 1 is 1.65 bits per heavy atom. The van der Waals surface area contributed by atoms with Crippen LogP contribution in [0.4, 0.5) is 0 Å². The lowest BCUT2D eigenvalue weighted by molar-refractivity contribution is -0.121. The van der Waals surface area contributed by atoms with Crippen LogP contribution >= 0.6 is 0 Å². The van der Waals surface area contributed by atoms with E-state index in [2.05, 4.69) is 5.32 Å². The number of aryl methyl sites for hydroxylation is 2. The Balaban J connectivity index is 1.65. The van der Waals surface area contributed by atoms with Crippen LogP contribution in [0.3, 0.4) is 0 Å². The molecule has 1 unspecified atom stereocenters. The third kappa shape index (κ3) is 3.60. The van der Waals surface area contributed by atoms with E-state index in [1.807, 2.05) is 29.9 Å². The minimum atomic E-state index is 0.113. The molecule has 17 heavy (non-hydrogen) atoms. The van der Waals surface area contributed by atoms with Gasteiger partial charge in [-0.1, -0.05) is 0 Å². The molecule has 0 aliphatic carbocycles. The first-order valence-electron chi connectivity index (χ1n) is 6.24. The first kappa shape index (κ1) is 12.2. The second-order valence-electron chi connectivity index (χ2n) is 4.55. The monoisotopic (exact) mass is 236 g/mol. The smallest absolute Gasteiger partial charge is 0.220 e. The van der Waals surface area contributed by atoms with Crippen LogP contribution in [0.1, 0.15) is 25.0 Å². The van der Waals surface area contributed by atoms with Crippen molar-refractivity contribution in [2.75, 3.05) is 13.2 Å². The number of rotatable bonds is 5. The molecule has 0 bridgehead atoms. The molecule has 1 aliphatic rings. The Morgan fingerprint density at radius 3 is 3.18 bits per heavy atom. The number of carbonyl (C=O) groups is 1. The lowest BCUT2D eigenvalue weighted by atomic mass is 10.2. The Labute approximate surface area is 102 Å². The number of amides is 1. The second kappa shape index (κ2) is 5.87. The Kier molecular flexibility index (Phi) is 4.20. The van der Waals surface area contributed by atoms with Gasteiger partial charge in [0.1, 0.15) is 0 Å². The zero-order valence-corrected chi connectivity index (χ0v) is 10.3. The van der Waals surface area contributed by atoms with E-state index in [4.69, 9.17) is 4.74 Å². The third-order valence-electron chi connectivity index (χ3n) is 3.21.